The Bertz CT molecular complexity index is 4250. The van der Waals surface area contributed by atoms with Gasteiger partial charge in [0.1, 0.15) is 11.2 Å². The Morgan fingerprint density at radius 1 is 0.319 bits per heavy atom. The van der Waals surface area contributed by atoms with Crippen LogP contribution in [0.4, 0.5) is 34.1 Å². The molecule has 12 aromatic carbocycles. The van der Waals surface area contributed by atoms with Crippen LogP contribution in [0.25, 0.3) is 110 Å². The molecule has 0 radical (unpaired) electrons. The normalized spacial score (nSPS) is 12.9. The maximum absolute atomic E-state index is 7.00. The van der Waals surface area contributed by atoms with Crippen LogP contribution >= 0.6 is 0 Å². The van der Waals surface area contributed by atoms with Gasteiger partial charge in [-0.2, -0.15) is 0 Å². The van der Waals surface area contributed by atoms with E-state index in [2.05, 4.69) is 255 Å². The molecular formula is C68H46N2O2. The van der Waals surface area contributed by atoms with Gasteiger partial charge in [-0.3, -0.25) is 0 Å². The lowest BCUT2D eigenvalue weighted by Gasteiger charge is -2.32. The van der Waals surface area contributed by atoms with E-state index < -0.39 is 0 Å². The van der Waals surface area contributed by atoms with E-state index in [4.69, 9.17) is 8.83 Å². The first kappa shape index (κ1) is 40.7. The lowest BCUT2D eigenvalue weighted by molar-refractivity contribution is 0.591. The molecule has 3 heterocycles. The molecule has 15 rings (SSSR count). The van der Waals surface area contributed by atoms with Crippen molar-refractivity contribution in [1.29, 1.82) is 0 Å². The monoisotopic (exact) mass is 922 g/mol. The number of anilines is 6. The molecule has 0 aliphatic carbocycles. The molecule has 340 valence electrons. The minimum atomic E-state index is -0.0398. The van der Waals surface area contributed by atoms with Gasteiger partial charge in [-0.05, 0) is 115 Å². The fraction of sp³-hybridized carbons (Fsp3) is 0.0588. The van der Waals surface area contributed by atoms with E-state index in [9.17, 15) is 0 Å². The molecule has 0 amide bonds. The van der Waals surface area contributed by atoms with E-state index in [0.29, 0.717) is 0 Å². The Hall–Kier alpha value is -9.12. The molecular weight excluding hydrogens is 877 g/mol. The summed E-state index contributed by atoms with van der Waals surface area (Å²) in [5.41, 5.74) is 17.5. The summed E-state index contributed by atoms with van der Waals surface area (Å²) in [7, 11) is 0. The van der Waals surface area contributed by atoms with E-state index in [1.165, 1.54) is 38.2 Å². The predicted molar refractivity (Wildman–Crippen MR) is 303 cm³/mol. The van der Waals surface area contributed by atoms with Crippen molar-refractivity contribution in [2.75, 3.05) is 9.80 Å². The summed E-state index contributed by atoms with van der Waals surface area (Å²) >= 11 is 0. The van der Waals surface area contributed by atoms with Crippen LogP contribution in [0.1, 0.15) is 26.3 Å². The van der Waals surface area contributed by atoms with Crippen LogP contribution in [0.5, 0.6) is 0 Å². The van der Waals surface area contributed by atoms with Crippen LogP contribution in [-0.2, 0) is 5.41 Å². The Balaban J connectivity index is 1.16. The number of furan rings is 2. The van der Waals surface area contributed by atoms with Gasteiger partial charge in [0.2, 0.25) is 0 Å². The lowest BCUT2D eigenvalue weighted by Crippen LogP contribution is -2.15. The smallest absolute Gasteiger partial charge is 0.159 e. The van der Waals surface area contributed by atoms with Crippen LogP contribution < -0.4 is 9.80 Å². The second kappa shape index (κ2) is 15.2. The quantitative estimate of drug-likeness (QED) is 0.162. The summed E-state index contributed by atoms with van der Waals surface area (Å²) in [6.45, 7) is 6.91. The molecule has 6 bridgehead atoms. The van der Waals surface area contributed by atoms with Gasteiger partial charge in [0.05, 0.1) is 22.7 Å². The summed E-state index contributed by atoms with van der Waals surface area (Å²) < 4.78 is 14.0. The zero-order valence-corrected chi connectivity index (χ0v) is 40.1. The Kier molecular flexibility index (Phi) is 8.59. The fourth-order valence-corrected chi connectivity index (χ4v) is 11.9. The van der Waals surface area contributed by atoms with Crippen molar-refractivity contribution in [2.24, 2.45) is 0 Å². The van der Waals surface area contributed by atoms with Gasteiger partial charge in [-0.15, -0.1) is 0 Å². The lowest BCUT2D eigenvalue weighted by atomic mass is 9.83. The number of benzene rings is 12. The molecule has 0 saturated heterocycles. The summed E-state index contributed by atoms with van der Waals surface area (Å²) in [5, 5.41) is 11.5. The van der Waals surface area contributed by atoms with Gasteiger partial charge in [0, 0.05) is 49.1 Å². The van der Waals surface area contributed by atoms with E-state index in [1.54, 1.807) is 0 Å². The first-order valence-electron chi connectivity index (χ1n) is 24.9. The molecule has 0 saturated carbocycles. The third-order valence-electron chi connectivity index (χ3n) is 15.2. The fourth-order valence-electron chi connectivity index (χ4n) is 11.9. The number of hydrogen-bond donors (Lipinski definition) is 0. The number of fused-ring (bicyclic) bond motifs is 19. The first-order chi connectivity index (χ1) is 35.3. The van der Waals surface area contributed by atoms with Crippen molar-refractivity contribution in [3.63, 3.8) is 0 Å². The van der Waals surface area contributed by atoms with Crippen LogP contribution in [0.15, 0.2) is 233 Å². The molecule has 4 nitrogen and oxygen atoms in total. The summed E-state index contributed by atoms with van der Waals surface area (Å²) in [6, 6.07) is 82.4. The minimum Gasteiger partial charge on any atom is -0.454 e. The molecule has 4 heteroatoms. The predicted octanol–water partition coefficient (Wildman–Crippen LogP) is 19.9. The van der Waals surface area contributed by atoms with E-state index >= 15 is 0 Å². The largest absolute Gasteiger partial charge is 0.454 e. The van der Waals surface area contributed by atoms with Crippen molar-refractivity contribution in [3.8, 4) is 33.4 Å². The van der Waals surface area contributed by atoms with Gasteiger partial charge < -0.3 is 18.6 Å². The van der Waals surface area contributed by atoms with Crippen molar-refractivity contribution in [2.45, 2.75) is 26.2 Å². The van der Waals surface area contributed by atoms with Gasteiger partial charge in [0.15, 0.2) is 11.2 Å². The highest BCUT2D eigenvalue weighted by molar-refractivity contribution is 6.30. The molecule has 72 heavy (non-hydrogen) atoms. The number of hydrogen-bond acceptors (Lipinski definition) is 4. The number of nitrogens with zero attached hydrogens (tertiary/aromatic N) is 2. The summed E-state index contributed by atoms with van der Waals surface area (Å²) in [4.78, 5) is 4.91. The zero-order chi connectivity index (χ0) is 47.8. The van der Waals surface area contributed by atoms with Gasteiger partial charge in [-0.25, -0.2) is 0 Å². The highest BCUT2D eigenvalue weighted by atomic mass is 16.3. The zero-order valence-electron chi connectivity index (χ0n) is 40.1. The van der Waals surface area contributed by atoms with Crippen molar-refractivity contribution in [3.05, 3.63) is 230 Å². The SMILES string of the molecule is CC(C)(C)c1cc2ccc3c4cc(c5ccc(c1)c2c35)N(c1cccc2c1oc1ccccc12)c1cccc(c1)-c1ccccc1-c1ccccc1-c1cccc(c1)N4c1cccc2c1oc1ccccc12. The third kappa shape index (κ3) is 5.99. The van der Waals surface area contributed by atoms with Crippen molar-refractivity contribution >= 4 is 110 Å². The van der Waals surface area contributed by atoms with Gasteiger partial charge in [0.25, 0.3) is 0 Å². The van der Waals surface area contributed by atoms with Gasteiger partial charge >= 0.3 is 0 Å². The second-order valence-corrected chi connectivity index (χ2v) is 20.4. The Labute approximate surface area is 416 Å². The Morgan fingerprint density at radius 2 is 0.750 bits per heavy atom. The molecule has 1 aliphatic heterocycles. The summed E-state index contributed by atoms with van der Waals surface area (Å²) in [6.07, 6.45) is 0. The van der Waals surface area contributed by atoms with Crippen molar-refractivity contribution < 1.29 is 8.83 Å². The average Bonchev–Trinajstić information content (AvgIpc) is 4.00. The first-order valence-corrected chi connectivity index (χ1v) is 24.9. The molecule has 2 aromatic heterocycles. The van der Waals surface area contributed by atoms with Crippen molar-refractivity contribution in [1.82, 2.24) is 0 Å². The molecule has 0 fully saturated rings. The number of rotatable bonds is 2. The topological polar surface area (TPSA) is 32.8 Å². The highest BCUT2D eigenvalue weighted by Crippen LogP contribution is 2.54. The van der Waals surface area contributed by atoms with Crippen LogP contribution in [-0.4, -0.2) is 0 Å². The molecule has 0 N–H and O–H groups in total. The van der Waals surface area contributed by atoms with Crippen LogP contribution in [0.2, 0.25) is 0 Å². The third-order valence-corrected chi connectivity index (χ3v) is 15.2. The van der Waals surface area contributed by atoms with E-state index in [1.807, 2.05) is 0 Å². The van der Waals surface area contributed by atoms with E-state index in [0.717, 1.165) is 111 Å². The number of para-hydroxylation sites is 4. The Morgan fingerprint density at radius 3 is 1.24 bits per heavy atom. The van der Waals surface area contributed by atoms with Gasteiger partial charge in [-0.1, -0.05) is 191 Å². The second-order valence-electron chi connectivity index (χ2n) is 20.4. The maximum atomic E-state index is 7.00. The molecule has 14 aromatic rings. The van der Waals surface area contributed by atoms with E-state index in [-0.39, 0.29) is 5.41 Å². The molecule has 0 spiro atoms. The van der Waals surface area contributed by atoms with Crippen LogP contribution in [0, 0.1) is 0 Å². The maximum Gasteiger partial charge on any atom is 0.159 e. The molecule has 0 atom stereocenters. The molecule has 0 unspecified atom stereocenters. The van der Waals surface area contributed by atoms with Crippen LogP contribution in [0.3, 0.4) is 0 Å². The summed E-state index contributed by atoms with van der Waals surface area (Å²) in [5.74, 6) is 0. The molecule has 1 aliphatic rings. The average molecular weight is 923 g/mol. The minimum absolute atomic E-state index is 0.0398. The highest BCUT2D eigenvalue weighted by Gasteiger charge is 2.29. The standard InChI is InChI=1S/C68H46N2O2/c1-68(2,3)45-36-43-32-34-56-60-40-61(57-35-33-44(37-45)64(43)65(56)57)70(59-29-15-27-55-53-25-9-11-31-63(53)72-67(55)59)47-19-13-17-42(39-47)49-21-5-7-23-51(49)50-22-6-4-20-48(50)41-16-12-18-46(38-41)69(60)58-28-14-26-54-52-24-8-10-30-62(52)71-66(54)58/h4-40H,1-3H3.